The van der Waals surface area contributed by atoms with Gasteiger partial charge in [-0.25, -0.2) is 4.79 Å². The summed E-state index contributed by atoms with van der Waals surface area (Å²) in [6.45, 7) is 0.0837. The van der Waals surface area contributed by atoms with Crippen molar-refractivity contribution in [2.75, 3.05) is 7.11 Å². The SMILES string of the molecule is COc1ccccc1Cn1cc(C(=O)O)c(C(F)(F)F)c1. The molecule has 0 amide bonds. The molecule has 1 N–H and O–H groups in total. The minimum Gasteiger partial charge on any atom is -0.496 e. The van der Waals surface area contributed by atoms with Crippen molar-refractivity contribution in [2.24, 2.45) is 0 Å². The van der Waals surface area contributed by atoms with Gasteiger partial charge in [0, 0.05) is 18.0 Å². The third-order valence-corrected chi connectivity index (χ3v) is 2.96. The van der Waals surface area contributed by atoms with Gasteiger partial charge in [0.05, 0.1) is 24.8 Å². The molecule has 1 aromatic heterocycles. The van der Waals surface area contributed by atoms with Gasteiger partial charge in [0.15, 0.2) is 0 Å². The molecule has 0 atom stereocenters. The number of benzene rings is 1. The summed E-state index contributed by atoms with van der Waals surface area (Å²) in [5.74, 6) is -1.09. The molecule has 0 unspecified atom stereocenters. The number of carbonyl (C=O) groups is 1. The number of carboxylic acid groups (broad SMARTS) is 1. The zero-order chi connectivity index (χ0) is 15.6. The van der Waals surface area contributed by atoms with E-state index in [0.717, 1.165) is 12.4 Å². The van der Waals surface area contributed by atoms with Gasteiger partial charge in [-0.15, -0.1) is 0 Å². The summed E-state index contributed by atoms with van der Waals surface area (Å²) in [5, 5.41) is 8.87. The Morgan fingerprint density at radius 3 is 2.48 bits per heavy atom. The maximum atomic E-state index is 12.8. The van der Waals surface area contributed by atoms with E-state index in [0.29, 0.717) is 11.3 Å². The Hall–Kier alpha value is -2.44. The van der Waals surface area contributed by atoms with Gasteiger partial charge in [0.2, 0.25) is 0 Å². The number of aromatic nitrogens is 1. The second-order valence-corrected chi connectivity index (χ2v) is 4.37. The quantitative estimate of drug-likeness (QED) is 0.942. The fourth-order valence-corrected chi connectivity index (χ4v) is 2.03. The fourth-order valence-electron chi connectivity index (χ4n) is 2.03. The molecular formula is C14H12F3NO3. The average molecular weight is 299 g/mol. The number of methoxy groups -OCH3 is 1. The summed E-state index contributed by atoms with van der Waals surface area (Å²) in [5.41, 5.74) is -1.28. The van der Waals surface area contributed by atoms with Gasteiger partial charge in [-0.2, -0.15) is 13.2 Å². The third kappa shape index (κ3) is 3.18. The fraction of sp³-hybridized carbons (Fsp3) is 0.214. The van der Waals surface area contributed by atoms with Crippen LogP contribution < -0.4 is 4.74 Å². The highest BCUT2D eigenvalue weighted by molar-refractivity contribution is 5.89. The molecule has 0 saturated heterocycles. The van der Waals surface area contributed by atoms with Crippen molar-refractivity contribution < 1.29 is 27.8 Å². The number of rotatable bonds is 4. The maximum absolute atomic E-state index is 12.8. The first-order valence-electron chi connectivity index (χ1n) is 5.95. The molecule has 0 spiro atoms. The molecule has 1 heterocycles. The number of carboxylic acids is 1. The van der Waals surface area contributed by atoms with Gasteiger partial charge in [-0.1, -0.05) is 18.2 Å². The Morgan fingerprint density at radius 1 is 1.29 bits per heavy atom. The summed E-state index contributed by atoms with van der Waals surface area (Å²) < 4.78 is 44.7. The van der Waals surface area contributed by atoms with Crippen molar-refractivity contribution in [2.45, 2.75) is 12.7 Å². The molecule has 0 fully saturated rings. The van der Waals surface area contributed by atoms with Crippen molar-refractivity contribution in [1.82, 2.24) is 4.57 Å². The lowest BCUT2D eigenvalue weighted by molar-refractivity contribution is -0.138. The minimum absolute atomic E-state index is 0.0837. The number of ether oxygens (including phenoxy) is 1. The number of aromatic carboxylic acids is 1. The van der Waals surface area contributed by atoms with E-state index in [1.54, 1.807) is 24.3 Å². The Morgan fingerprint density at radius 2 is 1.95 bits per heavy atom. The first-order valence-corrected chi connectivity index (χ1v) is 5.95. The molecule has 0 radical (unpaired) electrons. The molecule has 1 aromatic carbocycles. The van der Waals surface area contributed by atoms with E-state index in [-0.39, 0.29) is 6.54 Å². The van der Waals surface area contributed by atoms with Crippen LogP contribution in [0.1, 0.15) is 21.5 Å². The molecule has 0 saturated carbocycles. The van der Waals surface area contributed by atoms with Gasteiger partial charge in [-0.3, -0.25) is 0 Å². The van der Waals surface area contributed by atoms with Gasteiger partial charge in [-0.05, 0) is 6.07 Å². The van der Waals surface area contributed by atoms with Crippen LogP contribution in [0.3, 0.4) is 0 Å². The normalized spacial score (nSPS) is 11.4. The molecule has 4 nitrogen and oxygen atoms in total. The maximum Gasteiger partial charge on any atom is 0.418 e. The minimum atomic E-state index is -4.71. The Balaban J connectivity index is 2.40. The Labute approximate surface area is 118 Å². The van der Waals surface area contributed by atoms with Crippen molar-refractivity contribution in [3.05, 3.63) is 53.3 Å². The number of nitrogens with zero attached hydrogens (tertiary/aromatic N) is 1. The van der Waals surface area contributed by atoms with Crippen LogP contribution >= 0.6 is 0 Å². The summed E-state index contributed by atoms with van der Waals surface area (Å²) in [6, 6.07) is 6.85. The zero-order valence-corrected chi connectivity index (χ0v) is 11.0. The lowest BCUT2D eigenvalue weighted by Gasteiger charge is -2.09. The molecular weight excluding hydrogens is 287 g/mol. The first-order chi connectivity index (χ1) is 9.82. The van der Waals surface area contributed by atoms with Crippen LogP contribution in [0.15, 0.2) is 36.7 Å². The number of halogens is 3. The van der Waals surface area contributed by atoms with Crippen LogP contribution in [-0.2, 0) is 12.7 Å². The van der Waals surface area contributed by atoms with Crippen LogP contribution in [0.2, 0.25) is 0 Å². The highest BCUT2D eigenvalue weighted by Gasteiger charge is 2.37. The molecule has 2 aromatic rings. The molecule has 0 aliphatic rings. The number of hydrogen-bond donors (Lipinski definition) is 1. The summed E-state index contributed by atoms with van der Waals surface area (Å²) in [7, 11) is 1.46. The Bertz CT molecular complexity index is 662. The number of hydrogen-bond acceptors (Lipinski definition) is 2. The molecule has 112 valence electrons. The van der Waals surface area contributed by atoms with Crippen molar-refractivity contribution >= 4 is 5.97 Å². The van der Waals surface area contributed by atoms with E-state index in [4.69, 9.17) is 9.84 Å². The predicted octanol–water partition coefficient (Wildman–Crippen LogP) is 3.26. The topological polar surface area (TPSA) is 51.5 Å². The molecule has 2 rings (SSSR count). The van der Waals surface area contributed by atoms with Crippen molar-refractivity contribution in [3.63, 3.8) is 0 Å². The van der Waals surface area contributed by atoms with Crippen LogP contribution in [-0.4, -0.2) is 22.8 Å². The largest absolute Gasteiger partial charge is 0.496 e. The van der Waals surface area contributed by atoms with E-state index in [1.165, 1.54) is 11.7 Å². The first kappa shape index (κ1) is 15.0. The van der Waals surface area contributed by atoms with Gasteiger partial charge < -0.3 is 14.4 Å². The van der Waals surface area contributed by atoms with E-state index in [1.807, 2.05) is 0 Å². The van der Waals surface area contributed by atoms with Crippen LogP contribution in [0.5, 0.6) is 5.75 Å². The van der Waals surface area contributed by atoms with Crippen LogP contribution in [0.4, 0.5) is 13.2 Å². The van der Waals surface area contributed by atoms with E-state index >= 15 is 0 Å². The summed E-state index contributed by atoms with van der Waals surface area (Å²) in [6.07, 6.45) is -2.95. The van der Waals surface area contributed by atoms with Crippen LogP contribution in [0.25, 0.3) is 0 Å². The second kappa shape index (κ2) is 5.51. The molecule has 0 aliphatic carbocycles. The van der Waals surface area contributed by atoms with Crippen LogP contribution in [0, 0.1) is 0 Å². The average Bonchev–Trinajstić information content (AvgIpc) is 2.83. The monoisotopic (exact) mass is 299 g/mol. The number of para-hydroxylation sites is 1. The summed E-state index contributed by atoms with van der Waals surface area (Å²) >= 11 is 0. The molecule has 0 bridgehead atoms. The highest BCUT2D eigenvalue weighted by Crippen LogP contribution is 2.33. The standard InChI is InChI=1S/C14H12F3NO3/c1-21-12-5-3-2-4-9(12)6-18-7-10(13(19)20)11(8-18)14(15,16)17/h2-5,7-8H,6H2,1H3,(H,19,20). The highest BCUT2D eigenvalue weighted by atomic mass is 19.4. The molecule has 0 aliphatic heterocycles. The second-order valence-electron chi connectivity index (χ2n) is 4.37. The van der Waals surface area contributed by atoms with Gasteiger partial charge >= 0.3 is 12.1 Å². The predicted molar refractivity (Wildman–Crippen MR) is 68.5 cm³/mol. The van der Waals surface area contributed by atoms with E-state index in [2.05, 4.69) is 0 Å². The van der Waals surface area contributed by atoms with Gasteiger partial charge in [0.25, 0.3) is 0 Å². The third-order valence-electron chi connectivity index (χ3n) is 2.96. The van der Waals surface area contributed by atoms with Crippen molar-refractivity contribution in [3.8, 4) is 5.75 Å². The lowest BCUT2D eigenvalue weighted by atomic mass is 10.2. The van der Waals surface area contributed by atoms with Crippen molar-refractivity contribution in [1.29, 1.82) is 0 Å². The van der Waals surface area contributed by atoms with E-state index in [9.17, 15) is 18.0 Å². The molecule has 21 heavy (non-hydrogen) atoms. The number of alkyl halides is 3. The molecule has 7 heteroatoms. The Kier molecular flexibility index (Phi) is 3.93. The van der Waals surface area contributed by atoms with E-state index < -0.39 is 23.3 Å². The van der Waals surface area contributed by atoms with Gasteiger partial charge in [0.1, 0.15) is 5.75 Å². The smallest absolute Gasteiger partial charge is 0.418 e. The summed E-state index contributed by atoms with van der Waals surface area (Å²) in [4.78, 5) is 10.9. The lowest BCUT2D eigenvalue weighted by Crippen LogP contribution is -2.09. The zero-order valence-electron chi connectivity index (χ0n) is 11.0.